The Morgan fingerprint density at radius 1 is 1.00 bits per heavy atom. The summed E-state index contributed by atoms with van der Waals surface area (Å²) in [4.78, 5) is 11.0. The molecule has 1 N–H and O–H groups in total. The Hall–Kier alpha value is -2.40. The maximum Gasteiger partial charge on any atom is 0.222 e. The van der Waals surface area contributed by atoms with Crippen molar-refractivity contribution in [2.75, 3.05) is 0 Å². The number of sulfone groups is 1. The molecule has 0 heterocycles. The average molecular weight is 315 g/mol. The van der Waals surface area contributed by atoms with Gasteiger partial charge in [-0.2, -0.15) is 0 Å². The predicted octanol–water partition coefficient (Wildman–Crippen LogP) is 2.90. The molecule has 0 atom stereocenters. The van der Waals surface area contributed by atoms with Crippen LogP contribution < -0.4 is 5.32 Å². The monoisotopic (exact) mass is 315 g/mol. The lowest BCUT2D eigenvalue weighted by Gasteiger charge is -2.13. The number of amides is 1. The number of carbonyl (C=O) groups is 1. The highest BCUT2D eigenvalue weighted by Crippen LogP contribution is 2.25. The summed E-state index contributed by atoms with van der Waals surface area (Å²) in [7, 11) is -3.79. The van der Waals surface area contributed by atoms with Crippen molar-refractivity contribution in [1.82, 2.24) is 5.32 Å². The van der Waals surface area contributed by atoms with Crippen LogP contribution in [0.15, 0.2) is 64.5 Å². The maximum absolute atomic E-state index is 12.8. The van der Waals surface area contributed by atoms with Crippen LogP contribution in [0, 0.1) is 6.92 Å². The number of carbonyl (C=O) groups excluding carboxylic acids is 1. The molecule has 0 bridgehead atoms. The van der Waals surface area contributed by atoms with Crippen molar-refractivity contribution in [3.63, 3.8) is 0 Å². The van der Waals surface area contributed by atoms with E-state index in [1.54, 1.807) is 31.2 Å². The Kier molecular flexibility index (Phi) is 4.78. The zero-order valence-corrected chi connectivity index (χ0v) is 13.2. The van der Waals surface area contributed by atoms with Crippen molar-refractivity contribution >= 4 is 21.8 Å². The molecule has 0 aliphatic heterocycles. The van der Waals surface area contributed by atoms with Crippen LogP contribution in [0.4, 0.5) is 0 Å². The quantitative estimate of drug-likeness (QED) is 0.863. The molecular weight excluding hydrogens is 298 g/mol. The first kappa shape index (κ1) is 16.0. The van der Waals surface area contributed by atoms with E-state index in [-0.39, 0.29) is 9.92 Å². The summed E-state index contributed by atoms with van der Waals surface area (Å²) in [5, 5.41) is 2.25. The molecule has 0 aliphatic rings. The highest BCUT2D eigenvalue weighted by Gasteiger charge is 2.23. The van der Waals surface area contributed by atoms with Crippen LogP contribution in [-0.4, -0.2) is 14.8 Å². The van der Waals surface area contributed by atoms with E-state index >= 15 is 0 Å². The molecule has 0 radical (unpaired) electrons. The molecule has 0 fully saturated rings. The number of hydrogen-bond donors (Lipinski definition) is 1. The van der Waals surface area contributed by atoms with Crippen LogP contribution in [0.25, 0.3) is 5.57 Å². The first-order valence-corrected chi connectivity index (χ1v) is 8.23. The van der Waals surface area contributed by atoms with Crippen molar-refractivity contribution in [1.29, 1.82) is 0 Å². The van der Waals surface area contributed by atoms with E-state index in [1.165, 1.54) is 12.1 Å². The average Bonchev–Trinajstić information content (AvgIpc) is 2.53. The summed E-state index contributed by atoms with van der Waals surface area (Å²) >= 11 is 0. The van der Waals surface area contributed by atoms with Gasteiger partial charge in [-0.05, 0) is 37.1 Å². The van der Waals surface area contributed by atoms with Crippen molar-refractivity contribution < 1.29 is 13.2 Å². The molecular formula is C17H17NO3S. The standard InChI is InChI=1S/C17H17NO3S/c1-13-8-10-16(11-9-13)22(20,21)17(18-12-19)14(2)15-6-4-3-5-7-15/h3-12H,1-2H3,(H,18,19)/b17-14-. The maximum atomic E-state index is 12.8. The molecule has 22 heavy (non-hydrogen) atoms. The molecule has 0 aromatic heterocycles. The van der Waals surface area contributed by atoms with E-state index in [0.29, 0.717) is 12.0 Å². The first-order chi connectivity index (χ1) is 10.5. The molecule has 114 valence electrons. The molecule has 2 aromatic rings. The minimum Gasteiger partial charge on any atom is -0.319 e. The summed E-state index contributed by atoms with van der Waals surface area (Å²) in [6.07, 6.45) is 0.382. The van der Waals surface area contributed by atoms with E-state index in [9.17, 15) is 13.2 Å². The molecule has 2 aromatic carbocycles. The van der Waals surface area contributed by atoms with E-state index < -0.39 is 9.84 Å². The third kappa shape index (κ3) is 3.26. The normalized spacial score (nSPS) is 12.5. The molecule has 1 amide bonds. The highest BCUT2D eigenvalue weighted by atomic mass is 32.2. The minimum atomic E-state index is -3.79. The summed E-state index contributed by atoms with van der Waals surface area (Å²) in [6, 6.07) is 15.6. The number of benzene rings is 2. The van der Waals surface area contributed by atoms with Gasteiger partial charge in [0.2, 0.25) is 16.2 Å². The summed E-state index contributed by atoms with van der Waals surface area (Å²) in [5.74, 6) is 0. The van der Waals surface area contributed by atoms with Gasteiger partial charge in [0.15, 0.2) is 0 Å². The molecule has 5 heteroatoms. The smallest absolute Gasteiger partial charge is 0.222 e. The lowest BCUT2D eigenvalue weighted by molar-refractivity contribution is -0.108. The molecule has 0 saturated carbocycles. The van der Waals surface area contributed by atoms with E-state index in [4.69, 9.17) is 0 Å². The van der Waals surface area contributed by atoms with Crippen molar-refractivity contribution in [3.8, 4) is 0 Å². The number of hydrogen-bond acceptors (Lipinski definition) is 3. The number of allylic oxidation sites excluding steroid dienone is 1. The number of aryl methyl sites for hydroxylation is 1. The van der Waals surface area contributed by atoms with Crippen LogP contribution in [-0.2, 0) is 14.6 Å². The molecule has 4 nitrogen and oxygen atoms in total. The van der Waals surface area contributed by atoms with Gasteiger partial charge in [0.1, 0.15) is 5.03 Å². The Morgan fingerprint density at radius 3 is 2.14 bits per heavy atom. The van der Waals surface area contributed by atoms with Crippen molar-refractivity contribution in [3.05, 3.63) is 70.8 Å². The van der Waals surface area contributed by atoms with Gasteiger partial charge < -0.3 is 5.32 Å². The Labute approximate surface area is 130 Å². The fourth-order valence-electron chi connectivity index (χ4n) is 2.10. The molecule has 0 spiro atoms. The third-order valence-corrected chi connectivity index (χ3v) is 5.19. The van der Waals surface area contributed by atoms with Crippen LogP contribution in [0.1, 0.15) is 18.1 Å². The summed E-state index contributed by atoms with van der Waals surface area (Å²) in [5.41, 5.74) is 2.20. The number of nitrogens with one attached hydrogen (secondary N) is 1. The Balaban J connectivity index is 2.60. The zero-order chi connectivity index (χ0) is 16.2. The largest absolute Gasteiger partial charge is 0.319 e. The fraction of sp³-hybridized carbons (Fsp3) is 0.118. The number of rotatable bonds is 5. The topological polar surface area (TPSA) is 63.2 Å². The minimum absolute atomic E-state index is 0.0995. The lowest BCUT2D eigenvalue weighted by Crippen LogP contribution is -2.21. The van der Waals surface area contributed by atoms with E-state index in [1.807, 2.05) is 25.1 Å². The van der Waals surface area contributed by atoms with Crippen LogP contribution in [0.5, 0.6) is 0 Å². The summed E-state index contributed by atoms with van der Waals surface area (Å²) < 4.78 is 25.5. The zero-order valence-electron chi connectivity index (χ0n) is 12.4. The Morgan fingerprint density at radius 2 is 1.59 bits per heavy atom. The lowest BCUT2D eigenvalue weighted by atomic mass is 10.1. The highest BCUT2D eigenvalue weighted by molar-refractivity contribution is 7.95. The van der Waals surface area contributed by atoms with Crippen molar-refractivity contribution in [2.45, 2.75) is 18.7 Å². The second-order valence-electron chi connectivity index (χ2n) is 4.90. The van der Waals surface area contributed by atoms with Crippen LogP contribution in [0.2, 0.25) is 0 Å². The fourth-order valence-corrected chi connectivity index (χ4v) is 3.55. The second kappa shape index (κ2) is 6.58. The summed E-state index contributed by atoms with van der Waals surface area (Å²) in [6.45, 7) is 3.55. The molecule has 0 unspecified atom stereocenters. The predicted molar refractivity (Wildman–Crippen MR) is 86.6 cm³/mol. The Bertz CT molecular complexity index is 792. The van der Waals surface area contributed by atoms with Gasteiger partial charge in [-0.25, -0.2) is 8.42 Å². The first-order valence-electron chi connectivity index (χ1n) is 6.75. The van der Waals surface area contributed by atoms with E-state index in [0.717, 1.165) is 11.1 Å². The SMILES string of the molecule is C/C(=C(\NC=O)S(=O)(=O)c1ccc(C)cc1)c1ccccc1. The van der Waals surface area contributed by atoms with Gasteiger partial charge in [0, 0.05) is 0 Å². The van der Waals surface area contributed by atoms with Gasteiger partial charge in [-0.15, -0.1) is 0 Å². The van der Waals surface area contributed by atoms with Gasteiger partial charge in [-0.3, -0.25) is 4.79 Å². The van der Waals surface area contributed by atoms with E-state index in [2.05, 4.69) is 5.32 Å². The van der Waals surface area contributed by atoms with Gasteiger partial charge in [0.25, 0.3) is 0 Å². The molecule has 2 rings (SSSR count). The van der Waals surface area contributed by atoms with Crippen LogP contribution in [0.3, 0.4) is 0 Å². The van der Waals surface area contributed by atoms with Crippen molar-refractivity contribution in [2.24, 2.45) is 0 Å². The molecule has 0 saturated heterocycles. The van der Waals surface area contributed by atoms with Gasteiger partial charge >= 0.3 is 0 Å². The van der Waals surface area contributed by atoms with Gasteiger partial charge in [0.05, 0.1) is 4.90 Å². The third-order valence-electron chi connectivity index (χ3n) is 3.34. The van der Waals surface area contributed by atoms with Gasteiger partial charge in [-0.1, -0.05) is 48.0 Å². The second-order valence-corrected chi connectivity index (χ2v) is 6.79. The molecule has 0 aliphatic carbocycles. The van der Waals surface area contributed by atoms with Crippen LogP contribution >= 0.6 is 0 Å².